The Morgan fingerprint density at radius 3 is 2.61 bits per heavy atom. The second-order valence-corrected chi connectivity index (χ2v) is 7.06. The van der Waals surface area contributed by atoms with Crippen LogP contribution in [0.1, 0.15) is 19.2 Å². The summed E-state index contributed by atoms with van der Waals surface area (Å²) in [7, 11) is 1.67. The second-order valence-electron chi connectivity index (χ2n) is 6.19. The number of nitrogens with zero attached hydrogens (tertiary/aromatic N) is 3. The van der Waals surface area contributed by atoms with Gasteiger partial charge in [0.05, 0.1) is 6.54 Å². The summed E-state index contributed by atoms with van der Waals surface area (Å²) in [5.41, 5.74) is 0.782. The van der Waals surface area contributed by atoms with Crippen LogP contribution < -0.4 is 4.74 Å². The molecule has 0 saturated carbocycles. The summed E-state index contributed by atoms with van der Waals surface area (Å²) in [6.45, 7) is 2.06. The smallest absolute Gasteiger partial charge is 0.263 e. The molecule has 6 nitrogen and oxygen atoms in total. The van der Waals surface area contributed by atoms with E-state index in [1.807, 2.05) is 6.92 Å². The summed E-state index contributed by atoms with van der Waals surface area (Å²) in [5.74, 6) is 1.13. The molecule has 0 unspecified atom stereocenters. The third kappa shape index (κ3) is 5.03. The number of amides is 1. The van der Waals surface area contributed by atoms with Gasteiger partial charge in [-0.15, -0.1) is 0 Å². The van der Waals surface area contributed by atoms with E-state index in [0.717, 1.165) is 5.56 Å². The summed E-state index contributed by atoms with van der Waals surface area (Å²) in [6, 6.07) is 14.1. The highest BCUT2D eigenvalue weighted by Gasteiger charge is 2.24. The Balaban J connectivity index is 1.65. The topological polar surface area (TPSA) is 68.5 Å². The molecule has 2 aromatic carbocycles. The van der Waals surface area contributed by atoms with Crippen molar-refractivity contribution in [3.63, 3.8) is 0 Å². The van der Waals surface area contributed by atoms with E-state index in [9.17, 15) is 4.79 Å². The van der Waals surface area contributed by atoms with Gasteiger partial charge in [0, 0.05) is 22.7 Å². The summed E-state index contributed by atoms with van der Waals surface area (Å²) in [5, 5.41) is 5.14. The lowest BCUT2D eigenvalue weighted by molar-refractivity contribution is -0.138. The quantitative estimate of drug-likeness (QED) is 0.546. The number of ether oxygens (including phenoxy) is 1. The van der Waals surface area contributed by atoms with Crippen molar-refractivity contribution < 1.29 is 14.1 Å². The van der Waals surface area contributed by atoms with Crippen molar-refractivity contribution in [3.8, 4) is 17.1 Å². The monoisotopic (exact) mass is 419 g/mol. The molecule has 3 aromatic rings. The van der Waals surface area contributed by atoms with Crippen LogP contribution in [0.4, 0.5) is 0 Å². The molecular weight excluding hydrogens is 401 g/mol. The largest absolute Gasteiger partial charge is 0.481 e. The first kappa shape index (κ1) is 20.2. The second kappa shape index (κ2) is 9.08. The van der Waals surface area contributed by atoms with E-state index in [1.165, 1.54) is 4.90 Å². The lowest BCUT2D eigenvalue weighted by atomic mass is 10.2. The van der Waals surface area contributed by atoms with Gasteiger partial charge in [-0.25, -0.2) is 0 Å². The predicted molar refractivity (Wildman–Crippen MR) is 107 cm³/mol. The maximum absolute atomic E-state index is 12.7. The Labute approximate surface area is 173 Å². The fourth-order valence-electron chi connectivity index (χ4n) is 2.57. The highest BCUT2D eigenvalue weighted by Crippen LogP contribution is 2.21. The number of rotatable bonds is 7. The number of aromatic nitrogens is 2. The minimum Gasteiger partial charge on any atom is -0.481 e. The standard InChI is InChI=1S/C20H19Cl2N3O3/c1-3-17(27-16-6-4-5-15(22)11-16)20(26)25(2)12-18-23-19(24-28-18)13-7-9-14(21)10-8-13/h4-11,17H,3,12H2,1-2H3/t17-/m1/s1. The molecule has 3 rings (SSSR count). The van der Waals surface area contributed by atoms with Crippen molar-refractivity contribution in [2.45, 2.75) is 26.0 Å². The van der Waals surface area contributed by atoms with Crippen LogP contribution in [0.25, 0.3) is 11.4 Å². The Kier molecular flexibility index (Phi) is 6.54. The number of hydrogen-bond donors (Lipinski definition) is 0. The number of benzene rings is 2. The predicted octanol–water partition coefficient (Wildman–Crippen LogP) is 4.86. The number of carbonyl (C=O) groups excluding carboxylic acids is 1. The van der Waals surface area contributed by atoms with Crippen LogP contribution in [0, 0.1) is 0 Å². The molecule has 0 spiro atoms. The third-order valence-electron chi connectivity index (χ3n) is 4.04. The van der Waals surface area contributed by atoms with Crippen LogP contribution in [0.3, 0.4) is 0 Å². The van der Waals surface area contributed by atoms with Crippen molar-refractivity contribution >= 4 is 29.1 Å². The molecule has 8 heteroatoms. The molecule has 0 aliphatic carbocycles. The zero-order valence-corrected chi connectivity index (χ0v) is 16.9. The number of carbonyl (C=O) groups is 1. The van der Waals surface area contributed by atoms with Gasteiger partial charge in [-0.05, 0) is 48.9 Å². The minimum atomic E-state index is -0.637. The van der Waals surface area contributed by atoms with Gasteiger partial charge in [-0.3, -0.25) is 4.79 Å². The molecule has 0 saturated heterocycles. The maximum atomic E-state index is 12.7. The van der Waals surface area contributed by atoms with E-state index in [-0.39, 0.29) is 12.5 Å². The van der Waals surface area contributed by atoms with Crippen molar-refractivity contribution in [3.05, 3.63) is 64.5 Å². The highest BCUT2D eigenvalue weighted by atomic mass is 35.5. The first-order valence-corrected chi connectivity index (χ1v) is 9.47. The molecule has 0 N–H and O–H groups in total. The van der Waals surface area contributed by atoms with E-state index in [0.29, 0.717) is 33.9 Å². The minimum absolute atomic E-state index is 0.175. The van der Waals surface area contributed by atoms with Crippen LogP contribution in [-0.2, 0) is 11.3 Å². The van der Waals surface area contributed by atoms with E-state index < -0.39 is 6.10 Å². The van der Waals surface area contributed by atoms with Crippen LogP contribution in [0.5, 0.6) is 5.75 Å². The molecule has 0 fully saturated rings. The zero-order chi connectivity index (χ0) is 20.1. The Morgan fingerprint density at radius 2 is 1.93 bits per heavy atom. The lowest BCUT2D eigenvalue weighted by Crippen LogP contribution is -2.39. The van der Waals surface area contributed by atoms with Gasteiger partial charge in [0.1, 0.15) is 5.75 Å². The van der Waals surface area contributed by atoms with E-state index in [1.54, 1.807) is 55.6 Å². The van der Waals surface area contributed by atoms with Crippen molar-refractivity contribution in [2.75, 3.05) is 7.05 Å². The van der Waals surface area contributed by atoms with Crippen LogP contribution >= 0.6 is 23.2 Å². The normalized spacial score (nSPS) is 11.9. The maximum Gasteiger partial charge on any atom is 0.263 e. The van der Waals surface area contributed by atoms with Crippen molar-refractivity contribution in [2.24, 2.45) is 0 Å². The molecular formula is C20H19Cl2N3O3. The van der Waals surface area contributed by atoms with Crippen LogP contribution in [-0.4, -0.2) is 34.1 Å². The van der Waals surface area contributed by atoms with Gasteiger partial charge in [0.2, 0.25) is 11.7 Å². The molecule has 1 heterocycles. The molecule has 0 radical (unpaired) electrons. The fraction of sp³-hybridized carbons (Fsp3) is 0.250. The molecule has 0 bridgehead atoms. The summed E-state index contributed by atoms with van der Waals surface area (Å²) >= 11 is 11.9. The van der Waals surface area contributed by atoms with Gasteiger partial charge in [-0.2, -0.15) is 4.98 Å². The molecule has 0 aliphatic rings. The summed E-state index contributed by atoms with van der Waals surface area (Å²) < 4.78 is 11.1. The zero-order valence-electron chi connectivity index (χ0n) is 15.4. The van der Waals surface area contributed by atoms with E-state index >= 15 is 0 Å². The fourth-order valence-corrected chi connectivity index (χ4v) is 2.88. The average Bonchev–Trinajstić information content (AvgIpc) is 3.14. The van der Waals surface area contributed by atoms with Crippen LogP contribution in [0.15, 0.2) is 53.1 Å². The molecule has 28 heavy (non-hydrogen) atoms. The molecule has 1 atom stereocenters. The van der Waals surface area contributed by atoms with E-state index in [4.69, 9.17) is 32.5 Å². The van der Waals surface area contributed by atoms with Gasteiger partial charge < -0.3 is 14.2 Å². The van der Waals surface area contributed by atoms with E-state index in [2.05, 4.69) is 10.1 Å². The Hall–Kier alpha value is -2.57. The molecule has 1 amide bonds. The molecule has 1 aromatic heterocycles. The average molecular weight is 420 g/mol. The molecule has 146 valence electrons. The SMILES string of the molecule is CC[C@@H](Oc1cccc(Cl)c1)C(=O)N(C)Cc1nc(-c2ccc(Cl)cc2)no1. The van der Waals surface area contributed by atoms with Gasteiger partial charge >= 0.3 is 0 Å². The highest BCUT2D eigenvalue weighted by molar-refractivity contribution is 6.30. The first-order valence-electron chi connectivity index (χ1n) is 8.72. The number of hydrogen-bond acceptors (Lipinski definition) is 5. The summed E-state index contributed by atoms with van der Waals surface area (Å²) in [6.07, 6.45) is -0.127. The van der Waals surface area contributed by atoms with Gasteiger partial charge in [0.25, 0.3) is 5.91 Å². The van der Waals surface area contributed by atoms with Gasteiger partial charge in [-0.1, -0.05) is 41.3 Å². The third-order valence-corrected chi connectivity index (χ3v) is 4.53. The number of halogens is 2. The van der Waals surface area contributed by atoms with Crippen molar-refractivity contribution in [1.82, 2.24) is 15.0 Å². The van der Waals surface area contributed by atoms with Crippen molar-refractivity contribution in [1.29, 1.82) is 0 Å². The first-order chi connectivity index (χ1) is 13.5. The summed E-state index contributed by atoms with van der Waals surface area (Å²) in [4.78, 5) is 18.6. The number of likely N-dealkylation sites (N-methyl/N-ethyl adjacent to an activating group) is 1. The molecule has 0 aliphatic heterocycles. The lowest BCUT2D eigenvalue weighted by Gasteiger charge is -2.22. The Morgan fingerprint density at radius 1 is 1.18 bits per heavy atom. The van der Waals surface area contributed by atoms with Gasteiger partial charge in [0.15, 0.2) is 6.10 Å². The van der Waals surface area contributed by atoms with Crippen LogP contribution in [0.2, 0.25) is 10.0 Å². The Bertz CT molecular complexity index is 944.